The molecule has 130 valence electrons. The Morgan fingerprint density at radius 2 is 1.18 bits per heavy atom. The topological polar surface area (TPSA) is 26.3 Å². The third-order valence-corrected chi connectivity index (χ3v) is 3.98. The van der Waals surface area contributed by atoms with Gasteiger partial charge in [-0.05, 0) is 19.3 Å². The third-order valence-electron chi connectivity index (χ3n) is 3.98. The molecule has 2 nitrogen and oxygen atoms in total. The van der Waals surface area contributed by atoms with Gasteiger partial charge in [-0.2, -0.15) is 0 Å². The second-order valence-corrected chi connectivity index (χ2v) is 6.28. The van der Waals surface area contributed by atoms with Crippen molar-refractivity contribution in [1.82, 2.24) is 0 Å². The van der Waals surface area contributed by atoms with Crippen LogP contribution in [0.1, 0.15) is 104 Å². The van der Waals surface area contributed by atoms with E-state index < -0.39 is 0 Å². The molecule has 22 heavy (non-hydrogen) atoms. The van der Waals surface area contributed by atoms with Gasteiger partial charge in [0.2, 0.25) is 0 Å². The van der Waals surface area contributed by atoms with Crippen molar-refractivity contribution in [2.45, 2.75) is 104 Å². The number of rotatable bonds is 16. The molecule has 0 spiro atoms. The van der Waals surface area contributed by atoms with Crippen molar-refractivity contribution in [3.8, 4) is 0 Å². The maximum absolute atomic E-state index is 10.6. The zero-order chi connectivity index (χ0) is 16.3. The number of hydrogen-bond donors (Lipinski definition) is 0. The summed E-state index contributed by atoms with van der Waals surface area (Å²) in [6, 6.07) is 0. The summed E-state index contributed by atoms with van der Waals surface area (Å²) in [6.45, 7) is 4.25. The lowest BCUT2D eigenvalue weighted by molar-refractivity contribution is -0.140. The minimum atomic E-state index is -0.186. The van der Waals surface area contributed by atoms with E-state index in [4.69, 9.17) is 4.74 Å². The molecule has 0 N–H and O–H groups in total. The molecular formula is C20H38O2. The Kier molecular flexibility index (Phi) is 17.6. The molecule has 2 heteroatoms. The number of allylic oxidation sites excluding steroid dienone is 1. The van der Waals surface area contributed by atoms with Crippen LogP contribution >= 0.6 is 0 Å². The van der Waals surface area contributed by atoms with Crippen LogP contribution in [0.2, 0.25) is 0 Å². The monoisotopic (exact) mass is 310 g/mol. The van der Waals surface area contributed by atoms with Gasteiger partial charge in [0.05, 0.1) is 6.61 Å². The van der Waals surface area contributed by atoms with Gasteiger partial charge in [0.1, 0.15) is 0 Å². The molecule has 0 heterocycles. The van der Waals surface area contributed by atoms with E-state index in [0.29, 0.717) is 6.61 Å². The van der Waals surface area contributed by atoms with Crippen LogP contribution in [0.15, 0.2) is 12.2 Å². The molecule has 0 bridgehead atoms. The smallest absolute Gasteiger partial charge is 0.302 e. The molecule has 0 atom stereocenters. The fourth-order valence-electron chi connectivity index (χ4n) is 2.61. The molecule has 0 saturated heterocycles. The number of carbonyl (C=O) groups is 1. The van der Waals surface area contributed by atoms with E-state index in [1.807, 2.05) is 0 Å². The minimum Gasteiger partial charge on any atom is -0.466 e. The van der Waals surface area contributed by atoms with E-state index in [-0.39, 0.29) is 5.97 Å². The van der Waals surface area contributed by atoms with Crippen molar-refractivity contribution in [2.24, 2.45) is 0 Å². The van der Waals surface area contributed by atoms with Gasteiger partial charge < -0.3 is 4.74 Å². The lowest BCUT2D eigenvalue weighted by Gasteiger charge is -2.02. The number of carbonyl (C=O) groups excluding carboxylic acids is 1. The number of hydrogen-bond acceptors (Lipinski definition) is 2. The molecule has 0 radical (unpaired) electrons. The summed E-state index contributed by atoms with van der Waals surface area (Å²) in [5.41, 5.74) is 0. The molecule has 0 aliphatic heterocycles. The van der Waals surface area contributed by atoms with Crippen LogP contribution < -0.4 is 0 Å². The maximum Gasteiger partial charge on any atom is 0.302 e. The van der Waals surface area contributed by atoms with Crippen molar-refractivity contribution in [2.75, 3.05) is 6.61 Å². The number of ether oxygens (including phenoxy) is 1. The van der Waals surface area contributed by atoms with E-state index >= 15 is 0 Å². The molecule has 0 amide bonds. The first-order valence-corrected chi connectivity index (χ1v) is 9.55. The van der Waals surface area contributed by atoms with Gasteiger partial charge in [-0.3, -0.25) is 4.79 Å². The Labute approximate surface area is 138 Å². The van der Waals surface area contributed by atoms with Gasteiger partial charge in [0.15, 0.2) is 0 Å². The standard InChI is InChI=1S/C20H38O2/c1-3-4-5-6-7-8-9-10-11-12-13-14-15-16-17-18-19-22-20(2)21/h16-17H,3-15,18-19H2,1-2H3. The molecule has 0 aliphatic carbocycles. The van der Waals surface area contributed by atoms with Crippen molar-refractivity contribution >= 4 is 5.97 Å². The Bertz CT molecular complexity index is 258. The van der Waals surface area contributed by atoms with Crippen molar-refractivity contribution in [1.29, 1.82) is 0 Å². The summed E-state index contributed by atoms with van der Waals surface area (Å²) in [5.74, 6) is -0.186. The van der Waals surface area contributed by atoms with Gasteiger partial charge in [-0.25, -0.2) is 0 Å². The van der Waals surface area contributed by atoms with Crippen LogP contribution in [0, 0.1) is 0 Å². The van der Waals surface area contributed by atoms with Crippen LogP contribution in [0.3, 0.4) is 0 Å². The van der Waals surface area contributed by atoms with Crippen LogP contribution in [0.25, 0.3) is 0 Å². The first kappa shape index (κ1) is 21.2. The first-order chi connectivity index (χ1) is 10.8. The molecule has 0 aromatic rings. The van der Waals surface area contributed by atoms with Crippen LogP contribution in [-0.2, 0) is 9.53 Å². The minimum absolute atomic E-state index is 0.186. The zero-order valence-corrected chi connectivity index (χ0v) is 15.1. The third kappa shape index (κ3) is 19.2. The van der Waals surface area contributed by atoms with Gasteiger partial charge in [-0.15, -0.1) is 0 Å². The molecule has 0 aliphatic rings. The fraction of sp³-hybridized carbons (Fsp3) is 0.850. The van der Waals surface area contributed by atoms with Gasteiger partial charge in [0, 0.05) is 6.92 Å². The number of unbranched alkanes of at least 4 members (excludes halogenated alkanes) is 12. The quantitative estimate of drug-likeness (QED) is 0.183. The Morgan fingerprint density at radius 1 is 0.727 bits per heavy atom. The van der Waals surface area contributed by atoms with Gasteiger partial charge >= 0.3 is 5.97 Å². The fourth-order valence-corrected chi connectivity index (χ4v) is 2.61. The highest BCUT2D eigenvalue weighted by Gasteiger charge is 1.93. The summed E-state index contributed by atoms with van der Waals surface area (Å²) in [5, 5.41) is 0. The molecule has 0 aromatic carbocycles. The lowest BCUT2D eigenvalue weighted by atomic mass is 10.0. The second kappa shape index (κ2) is 18.3. The van der Waals surface area contributed by atoms with Gasteiger partial charge in [0.25, 0.3) is 0 Å². The Morgan fingerprint density at radius 3 is 1.68 bits per heavy atom. The largest absolute Gasteiger partial charge is 0.466 e. The summed E-state index contributed by atoms with van der Waals surface area (Å²) >= 11 is 0. The number of esters is 1. The molecule has 0 aromatic heterocycles. The highest BCUT2D eigenvalue weighted by Crippen LogP contribution is 2.12. The Balaban J connectivity index is 3.05. The average Bonchev–Trinajstić information content (AvgIpc) is 2.50. The molecule has 0 saturated carbocycles. The van der Waals surface area contributed by atoms with Crippen molar-refractivity contribution < 1.29 is 9.53 Å². The van der Waals surface area contributed by atoms with Gasteiger partial charge in [-0.1, -0.05) is 89.7 Å². The first-order valence-electron chi connectivity index (χ1n) is 9.55. The highest BCUT2D eigenvalue weighted by atomic mass is 16.5. The normalized spacial score (nSPS) is 11.2. The summed E-state index contributed by atoms with van der Waals surface area (Å²) in [7, 11) is 0. The summed E-state index contributed by atoms with van der Waals surface area (Å²) < 4.78 is 4.87. The Hall–Kier alpha value is -0.790. The average molecular weight is 311 g/mol. The van der Waals surface area contributed by atoms with Crippen molar-refractivity contribution in [3.05, 3.63) is 12.2 Å². The van der Waals surface area contributed by atoms with E-state index in [1.54, 1.807) is 0 Å². The molecule has 0 rings (SSSR count). The second-order valence-electron chi connectivity index (χ2n) is 6.28. The molecule has 0 unspecified atom stereocenters. The predicted molar refractivity (Wildman–Crippen MR) is 96.1 cm³/mol. The van der Waals surface area contributed by atoms with Crippen LogP contribution in [0.5, 0.6) is 0 Å². The van der Waals surface area contributed by atoms with Crippen LogP contribution in [0.4, 0.5) is 0 Å². The highest BCUT2D eigenvalue weighted by molar-refractivity contribution is 5.65. The molecule has 0 fully saturated rings. The van der Waals surface area contributed by atoms with Crippen molar-refractivity contribution in [3.63, 3.8) is 0 Å². The summed E-state index contributed by atoms with van der Waals surface area (Å²) in [6.07, 6.45) is 23.2. The SMILES string of the molecule is CCCCCCCCCCCCCCC=CCCOC(C)=O. The van der Waals surface area contributed by atoms with E-state index in [9.17, 15) is 4.79 Å². The zero-order valence-electron chi connectivity index (χ0n) is 15.1. The maximum atomic E-state index is 10.6. The molecular weight excluding hydrogens is 272 g/mol. The van der Waals surface area contributed by atoms with Crippen LogP contribution in [-0.4, -0.2) is 12.6 Å². The van der Waals surface area contributed by atoms with E-state index in [2.05, 4.69) is 19.1 Å². The predicted octanol–water partition coefficient (Wildman–Crippen LogP) is 6.59. The van der Waals surface area contributed by atoms with E-state index in [0.717, 1.165) is 12.8 Å². The summed E-state index contributed by atoms with van der Waals surface area (Å²) in [4.78, 5) is 10.6. The van der Waals surface area contributed by atoms with E-state index in [1.165, 1.54) is 84.0 Å². The lowest BCUT2D eigenvalue weighted by Crippen LogP contribution is -1.98.